The van der Waals surface area contributed by atoms with Gasteiger partial charge < -0.3 is 15.5 Å². The van der Waals surface area contributed by atoms with E-state index in [0.29, 0.717) is 25.1 Å². The molecule has 3 amide bonds. The van der Waals surface area contributed by atoms with Gasteiger partial charge in [0.05, 0.1) is 0 Å². The Labute approximate surface area is 166 Å². The van der Waals surface area contributed by atoms with Gasteiger partial charge in [-0.3, -0.25) is 14.4 Å². The van der Waals surface area contributed by atoms with Crippen LogP contribution in [-0.2, 0) is 16.1 Å². The minimum atomic E-state index is -0.672. The first-order chi connectivity index (χ1) is 13.0. The lowest BCUT2D eigenvalue weighted by Gasteiger charge is -2.17. The number of hydrogen-bond donors (Lipinski definition) is 2. The second-order valence-electron chi connectivity index (χ2n) is 6.30. The van der Waals surface area contributed by atoms with E-state index in [1.165, 1.54) is 0 Å². The maximum absolute atomic E-state index is 12.6. The molecule has 140 valence electrons. The average Bonchev–Trinajstić information content (AvgIpc) is 3.07. The van der Waals surface area contributed by atoms with Crippen molar-refractivity contribution < 1.29 is 14.4 Å². The van der Waals surface area contributed by atoms with Crippen LogP contribution in [0.1, 0.15) is 22.3 Å². The molecule has 1 aliphatic rings. The average molecular weight is 430 g/mol. The monoisotopic (exact) mass is 429 g/mol. The summed E-state index contributed by atoms with van der Waals surface area (Å²) in [6.45, 7) is 0.835. The first kappa shape index (κ1) is 19.1. The third-order valence-corrected chi connectivity index (χ3v) is 5.05. The number of benzene rings is 2. The largest absolute Gasteiger partial charge is 0.355 e. The fourth-order valence-electron chi connectivity index (χ4n) is 3.05. The third kappa shape index (κ3) is 4.36. The molecule has 1 heterocycles. The van der Waals surface area contributed by atoms with Crippen LogP contribution < -0.4 is 15.5 Å². The fourth-order valence-corrected chi connectivity index (χ4v) is 3.44. The van der Waals surface area contributed by atoms with Crippen molar-refractivity contribution >= 4 is 39.3 Å². The third-order valence-electron chi connectivity index (χ3n) is 4.55. The Morgan fingerprint density at radius 2 is 1.93 bits per heavy atom. The van der Waals surface area contributed by atoms with Crippen LogP contribution in [-0.4, -0.2) is 31.3 Å². The molecule has 2 N–H and O–H groups in total. The summed E-state index contributed by atoms with van der Waals surface area (Å²) in [4.78, 5) is 38.3. The maximum Gasteiger partial charge on any atom is 0.251 e. The number of halogens is 1. The van der Waals surface area contributed by atoms with E-state index in [-0.39, 0.29) is 17.7 Å². The molecule has 0 saturated carbocycles. The predicted octanol–water partition coefficient (Wildman–Crippen LogP) is 2.48. The second-order valence-corrected chi connectivity index (χ2v) is 7.22. The minimum absolute atomic E-state index is 0.158. The molecular formula is C20H20BrN3O3. The van der Waals surface area contributed by atoms with Crippen molar-refractivity contribution in [3.8, 4) is 0 Å². The quantitative estimate of drug-likeness (QED) is 0.716. The molecule has 3 rings (SSSR count). The van der Waals surface area contributed by atoms with E-state index in [0.717, 1.165) is 15.7 Å². The summed E-state index contributed by atoms with van der Waals surface area (Å²) in [5.41, 5.74) is 2.21. The highest BCUT2D eigenvalue weighted by Crippen LogP contribution is 2.27. The van der Waals surface area contributed by atoms with Gasteiger partial charge in [-0.15, -0.1) is 0 Å². The Bertz CT molecular complexity index is 867. The van der Waals surface area contributed by atoms with E-state index >= 15 is 0 Å². The van der Waals surface area contributed by atoms with Crippen LogP contribution in [0.25, 0.3) is 0 Å². The Morgan fingerprint density at radius 1 is 1.19 bits per heavy atom. The van der Waals surface area contributed by atoms with Crippen molar-refractivity contribution in [1.82, 2.24) is 10.6 Å². The Balaban J connectivity index is 1.58. The van der Waals surface area contributed by atoms with E-state index in [9.17, 15) is 14.4 Å². The summed E-state index contributed by atoms with van der Waals surface area (Å²) in [6, 6.07) is 14.5. The van der Waals surface area contributed by atoms with Crippen molar-refractivity contribution in [3.05, 3.63) is 64.1 Å². The van der Waals surface area contributed by atoms with Crippen molar-refractivity contribution in [2.45, 2.75) is 13.0 Å². The molecular weight excluding hydrogens is 410 g/mol. The van der Waals surface area contributed by atoms with Crippen molar-refractivity contribution in [2.24, 2.45) is 5.92 Å². The molecule has 1 aliphatic heterocycles. The van der Waals surface area contributed by atoms with Crippen molar-refractivity contribution in [2.75, 3.05) is 18.5 Å². The van der Waals surface area contributed by atoms with Gasteiger partial charge in [-0.1, -0.05) is 34.1 Å². The van der Waals surface area contributed by atoms with Crippen molar-refractivity contribution in [3.63, 3.8) is 0 Å². The van der Waals surface area contributed by atoms with Crippen LogP contribution >= 0.6 is 15.9 Å². The van der Waals surface area contributed by atoms with Gasteiger partial charge in [0.15, 0.2) is 0 Å². The lowest BCUT2D eigenvalue weighted by atomic mass is 10.1. The number of amides is 3. The van der Waals surface area contributed by atoms with Crippen LogP contribution in [0.4, 0.5) is 5.69 Å². The van der Waals surface area contributed by atoms with Crippen LogP contribution in [0.2, 0.25) is 0 Å². The first-order valence-electron chi connectivity index (χ1n) is 8.65. The normalized spacial score (nSPS) is 16.3. The van der Waals surface area contributed by atoms with E-state index < -0.39 is 5.92 Å². The topological polar surface area (TPSA) is 78.5 Å². The van der Waals surface area contributed by atoms with Gasteiger partial charge in [-0.2, -0.15) is 0 Å². The Kier molecular flexibility index (Phi) is 5.91. The lowest BCUT2D eigenvalue weighted by molar-refractivity contribution is -0.132. The van der Waals surface area contributed by atoms with Gasteiger partial charge in [-0.05, 0) is 42.3 Å². The number of nitrogens with one attached hydrogen (secondary N) is 2. The van der Waals surface area contributed by atoms with E-state index in [4.69, 9.17) is 0 Å². The summed E-state index contributed by atoms with van der Waals surface area (Å²) in [5, 5.41) is 5.38. The zero-order chi connectivity index (χ0) is 19.4. The zero-order valence-electron chi connectivity index (χ0n) is 14.9. The van der Waals surface area contributed by atoms with E-state index in [1.54, 1.807) is 36.2 Å². The zero-order valence-corrected chi connectivity index (χ0v) is 16.5. The van der Waals surface area contributed by atoms with Gasteiger partial charge in [-0.25, -0.2) is 0 Å². The standard InChI is InChI=1S/C20H20BrN3O3/c1-22-18(25)14-7-5-13(6-8-14)12-23-19(26)17-9-10-24(20(17)27)16-4-2-3-15(21)11-16/h2-8,11,17H,9-10,12H2,1H3,(H,22,25)(H,23,26). The Hall–Kier alpha value is -2.67. The maximum atomic E-state index is 12.6. The lowest BCUT2D eigenvalue weighted by Crippen LogP contribution is -2.36. The molecule has 2 aromatic carbocycles. The van der Waals surface area contributed by atoms with Gasteiger partial charge >= 0.3 is 0 Å². The molecule has 1 fully saturated rings. The summed E-state index contributed by atoms with van der Waals surface area (Å²) in [6.07, 6.45) is 0.493. The highest BCUT2D eigenvalue weighted by Gasteiger charge is 2.37. The number of rotatable bonds is 5. The molecule has 1 saturated heterocycles. The van der Waals surface area contributed by atoms with E-state index in [2.05, 4.69) is 26.6 Å². The van der Waals surface area contributed by atoms with Gasteiger partial charge in [0.25, 0.3) is 5.91 Å². The van der Waals surface area contributed by atoms with Gasteiger partial charge in [0.1, 0.15) is 5.92 Å². The molecule has 0 spiro atoms. The number of anilines is 1. The van der Waals surface area contributed by atoms with Crippen LogP contribution in [0.15, 0.2) is 53.0 Å². The number of carbonyl (C=O) groups excluding carboxylic acids is 3. The van der Waals surface area contributed by atoms with E-state index in [1.807, 2.05) is 24.3 Å². The highest BCUT2D eigenvalue weighted by molar-refractivity contribution is 9.10. The molecule has 2 aromatic rings. The molecule has 0 radical (unpaired) electrons. The highest BCUT2D eigenvalue weighted by atomic mass is 79.9. The van der Waals surface area contributed by atoms with Crippen LogP contribution in [0.3, 0.4) is 0 Å². The molecule has 0 aliphatic carbocycles. The molecule has 0 aromatic heterocycles. The van der Waals surface area contributed by atoms with Crippen LogP contribution in [0.5, 0.6) is 0 Å². The number of carbonyl (C=O) groups is 3. The first-order valence-corrected chi connectivity index (χ1v) is 9.44. The Morgan fingerprint density at radius 3 is 2.59 bits per heavy atom. The summed E-state index contributed by atoms with van der Waals surface area (Å²) in [7, 11) is 1.58. The fraction of sp³-hybridized carbons (Fsp3) is 0.250. The predicted molar refractivity (Wildman–Crippen MR) is 106 cm³/mol. The van der Waals surface area contributed by atoms with Crippen molar-refractivity contribution in [1.29, 1.82) is 0 Å². The minimum Gasteiger partial charge on any atom is -0.355 e. The van der Waals surface area contributed by atoms with Crippen LogP contribution in [0, 0.1) is 5.92 Å². The summed E-state index contributed by atoms with van der Waals surface area (Å²) >= 11 is 3.40. The molecule has 1 unspecified atom stereocenters. The molecule has 0 bridgehead atoms. The van der Waals surface area contributed by atoms with Gasteiger partial charge in [0.2, 0.25) is 11.8 Å². The summed E-state index contributed by atoms with van der Waals surface area (Å²) < 4.78 is 0.890. The molecule has 27 heavy (non-hydrogen) atoms. The smallest absolute Gasteiger partial charge is 0.251 e. The molecule has 1 atom stereocenters. The van der Waals surface area contributed by atoms with Gasteiger partial charge in [0, 0.05) is 35.9 Å². The number of hydrogen-bond acceptors (Lipinski definition) is 3. The molecule has 6 nitrogen and oxygen atoms in total. The SMILES string of the molecule is CNC(=O)c1ccc(CNC(=O)C2CCN(c3cccc(Br)c3)C2=O)cc1. The number of nitrogens with zero attached hydrogens (tertiary/aromatic N) is 1. The second kappa shape index (κ2) is 8.35. The molecule has 7 heteroatoms. The summed E-state index contributed by atoms with van der Waals surface area (Å²) in [5.74, 6) is -1.28.